The third-order valence-corrected chi connectivity index (χ3v) is 4.31. The van der Waals surface area contributed by atoms with Gasteiger partial charge in [0.25, 0.3) is 5.91 Å². The van der Waals surface area contributed by atoms with Crippen LogP contribution in [0.1, 0.15) is 16.8 Å². The zero-order valence-electron chi connectivity index (χ0n) is 14.4. The first-order valence-electron chi connectivity index (χ1n) is 7.73. The molecule has 0 saturated heterocycles. The summed E-state index contributed by atoms with van der Waals surface area (Å²) in [4.78, 5) is 16.4. The average Bonchev–Trinajstić information content (AvgIpc) is 3.09. The van der Waals surface area contributed by atoms with E-state index in [9.17, 15) is 9.18 Å². The van der Waals surface area contributed by atoms with Gasteiger partial charge in [-0.1, -0.05) is 23.7 Å². The van der Waals surface area contributed by atoms with E-state index in [1.807, 2.05) is 0 Å². The Kier molecular flexibility index (Phi) is 4.90. The largest absolute Gasteiger partial charge is 0.481 e. The van der Waals surface area contributed by atoms with Crippen LogP contribution in [0.2, 0.25) is 5.02 Å². The van der Waals surface area contributed by atoms with Crippen LogP contribution in [-0.2, 0) is 4.79 Å². The molecule has 0 aliphatic heterocycles. The number of halogens is 2. The lowest BCUT2D eigenvalue weighted by Crippen LogP contribution is -2.14. The number of H-pyrrole nitrogens is 1. The van der Waals surface area contributed by atoms with Crippen LogP contribution < -0.4 is 10.1 Å². The molecule has 6 nitrogen and oxygen atoms in total. The standard InChI is InChI=1S/C18H16ClFN4O2/c1-9-6-14(26-3)22-10(2)16(9)23-18(25)13(20)7-11-4-5-12-8-21-24-17(12)15(11)19/h4-8H,1-3H3,(H,21,24)(H,23,25)/b13-7-. The minimum absolute atomic E-state index is 0.293. The summed E-state index contributed by atoms with van der Waals surface area (Å²) < 4.78 is 19.5. The van der Waals surface area contributed by atoms with Gasteiger partial charge < -0.3 is 10.1 Å². The number of nitrogens with one attached hydrogen (secondary N) is 2. The molecule has 134 valence electrons. The summed E-state index contributed by atoms with van der Waals surface area (Å²) in [5.41, 5.74) is 2.64. The normalized spacial score (nSPS) is 11.7. The van der Waals surface area contributed by atoms with Crippen LogP contribution in [0.15, 0.2) is 30.2 Å². The molecule has 2 aromatic heterocycles. The van der Waals surface area contributed by atoms with E-state index in [-0.39, 0.29) is 0 Å². The molecule has 1 amide bonds. The van der Waals surface area contributed by atoms with Crippen molar-refractivity contribution in [1.82, 2.24) is 15.2 Å². The predicted molar refractivity (Wildman–Crippen MR) is 99.1 cm³/mol. The van der Waals surface area contributed by atoms with Crippen molar-refractivity contribution >= 4 is 40.2 Å². The smallest absolute Gasteiger partial charge is 0.284 e. The second-order valence-corrected chi connectivity index (χ2v) is 6.07. The molecule has 0 saturated carbocycles. The zero-order chi connectivity index (χ0) is 18.8. The van der Waals surface area contributed by atoms with E-state index in [0.717, 1.165) is 11.5 Å². The highest BCUT2D eigenvalue weighted by atomic mass is 35.5. The second kappa shape index (κ2) is 7.13. The fourth-order valence-electron chi connectivity index (χ4n) is 2.57. The average molecular weight is 375 g/mol. The number of anilines is 1. The molecule has 0 unspecified atom stereocenters. The predicted octanol–water partition coefficient (Wildman–Crippen LogP) is 4.19. The molecule has 0 aliphatic carbocycles. The molecule has 0 spiro atoms. The van der Waals surface area contributed by atoms with Crippen molar-refractivity contribution in [3.8, 4) is 5.88 Å². The first-order valence-corrected chi connectivity index (χ1v) is 8.11. The summed E-state index contributed by atoms with van der Waals surface area (Å²) >= 11 is 6.24. The Bertz CT molecular complexity index is 1010. The second-order valence-electron chi connectivity index (χ2n) is 5.69. The van der Waals surface area contributed by atoms with Crippen molar-refractivity contribution in [2.45, 2.75) is 13.8 Å². The molecule has 1 aromatic carbocycles. The molecule has 0 radical (unpaired) electrons. The summed E-state index contributed by atoms with van der Waals surface area (Å²) in [6.07, 6.45) is 2.69. The van der Waals surface area contributed by atoms with Crippen molar-refractivity contribution in [3.63, 3.8) is 0 Å². The Morgan fingerprint density at radius 1 is 1.38 bits per heavy atom. The third kappa shape index (κ3) is 3.39. The number of ether oxygens (including phenoxy) is 1. The number of benzene rings is 1. The molecule has 2 N–H and O–H groups in total. The SMILES string of the molecule is COc1cc(C)c(NC(=O)/C(F)=C/c2ccc3cn[nH]c3c2Cl)c(C)n1. The highest BCUT2D eigenvalue weighted by molar-refractivity contribution is 6.36. The highest BCUT2D eigenvalue weighted by Gasteiger charge is 2.15. The number of aromatic nitrogens is 3. The van der Waals surface area contributed by atoms with Gasteiger partial charge in [-0.25, -0.2) is 9.37 Å². The van der Waals surface area contributed by atoms with Crippen LogP contribution in [-0.4, -0.2) is 28.2 Å². The molecule has 0 fully saturated rings. The van der Waals surface area contributed by atoms with Gasteiger partial charge in [0.1, 0.15) is 0 Å². The molecular formula is C18H16ClFN4O2. The van der Waals surface area contributed by atoms with E-state index < -0.39 is 11.7 Å². The quantitative estimate of drug-likeness (QED) is 0.671. The number of pyridine rings is 1. The van der Waals surface area contributed by atoms with Gasteiger partial charge in [-0.15, -0.1) is 0 Å². The minimum atomic E-state index is -0.972. The third-order valence-electron chi connectivity index (χ3n) is 3.90. The van der Waals surface area contributed by atoms with Gasteiger partial charge >= 0.3 is 0 Å². The topological polar surface area (TPSA) is 79.9 Å². The Hall–Kier alpha value is -2.93. The van der Waals surface area contributed by atoms with Crippen molar-refractivity contribution in [2.24, 2.45) is 0 Å². The first-order chi connectivity index (χ1) is 12.4. The summed E-state index contributed by atoms with van der Waals surface area (Å²) in [5, 5.41) is 10.3. The number of aromatic amines is 1. The van der Waals surface area contributed by atoms with Gasteiger partial charge in [-0.3, -0.25) is 9.89 Å². The molecule has 0 atom stereocenters. The fraction of sp³-hybridized carbons (Fsp3) is 0.167. The lowest BCUT2D eigenvalue weighted by Gasteiger charge is -2.12. The number of fused-ring (bicyclic) bond motifs is 1. The maximum absolute atomic E-state index is 14.4. The number of carbonyl (C=O) groups excluding carboxylic acids is 1. The number of methoxy groups -OCH3 is 1. The van der Waals surface area contributed by atoms with E-state index in [4.69, 9.17) is 16.3 Å². The van der Waals surface area contributed by atoms with E-state index in [1.54, 1.807) is 38.2 Å². The lowest BCUT2D eigenvalue weighted by molar-refractivity contribution is -0.114. The van der Waals surface area contributed by atoms with Crippen LogP contribution in [0.25, 0.3) is 17.0 Å². The molecular weight excluding hydrogens is 359 g/mol. The molecule has 3 rings (SSSR count). The maximum Gasteiger partial charge on any atom is 0.284 e. The van der Waals surface area contributed by atoms with Gasteiger partial charge in [0.05, 0.1) is 35.2 Å². The van der Waals surface area contributed by atoms with E-state index in [2.05, 4.69) is 20.5 Å². The van der Waals surface area contributed by atoms with Crippen LogP contribution in [0.5, 0.6) is 5.88 Å². The number of hydrogen-bond donors (Lipinski definition) is 2. The first kappa shape index (κ1) is 17.9. The summed E-state index contributed by atoms with van der Waals surface area (Å²) in [5.74, 6) is -1.43. The Labute approximate surface area is 154 Å². The van der Waals surface area contributed by atoms with E-state index >= 15 is 0 Å². The number of hydrogen-bond acceptors (Lipinski definition) is 4. The van der Waals surface area contributed by atoms with E-state index in [0.29, 0.717) is 38.9 Å². The van der Waals surface area contributed by atoms with Crippen LogP contribution in [0.4, 0.5) is 10.1 Å². The number of amides is 1. The Morgan fingerprint density at radius 2 is 2.15 bits per heavy atom. The maximum atomic E-state index is 14.4. The lowest BCUT2D eigenvalue weighted by atomic mass is 10.1. The van der Waals surface area contributed by atoms with Crippen LogP contribution in [0, 0.1) is 13.8 Å². The monoisotopic (exact) mass is 374 g/mol. The summed E-state index contributed by atoms with van der Waals surface area (Å²) in [7, 11) is 1.50. The molecule has 2 heterocycles. The zero-order valence-corrected chi connectivity index (χ0v) is 15.1. The number of nitrogens with zero attached hydrogens (tertiary/aromatic N) is 2. The summed E-state index contributed by atoms with van der Waals surface area (Å²) in [6, 6.07) is 5.02. The molecule has 26 heavy (non-hydrogen) atoms. The number of rotatable bonds is 4. The van der Waals surface area contributed by atoms with Gasteiger partial charge in [-0.05, 0) is 31.1 Å². The number of carbonyl (C=O) groups is 1. The summed E-state index contributed by atoms with van der Waals surface area (Å²) in [6.45, 7) is 3.48. The molecule has 0 bridgehead atoms. The van der Waals surface area contributed by atoms with Gasteiger partial charge in [0.15, 0.2) is 5.83 Å². The molecule has 8 heteroatoms. The van der Waals surface area contributed by atoms with Crippen LogP contribution in [0.3, 0.4) is 0 Å². The van der Waals surface area contributed by atoms with Gasteiger partial charge in [0, 0.05) is 11.5 Å². The van der Waals surface area contributed by atoms with Gasteiger partial charge in [-0.2, -0.15) is 5.10 Å². The minimum Gasteiger partial charge on any atom is -0.481 e. The fourth-order valence-corrected chi connectivity index (χ4v) is 2.84. The van der Waals surface area contributed by atoms with Crippen molar-refractivity contribution in [3.05, 3.63) is 52.1 Å². The molecule has 0 aliphatic rings. The Morgan fingerprint density at radius 3 is 2.85 bits per heavy atom. The van der Waals surface area contributed by atoms with Crippen LogP contribution >= 0.6 is 11.6 Å². The van der Waals surface area contributed by atoms with Crippen molar-refractivity contribution in [1.29, 1.82) is 0 Å². The highest BCUT2D eigenvalue weighted by Crippen LogP contribution is 2.28. The number of aryl methyl sites for hydroxylation is 2. The van der Waals surface area contributed by atoms with Crippen molar-refractivity contribution in [2.75, 3.05) is 12.4 Å². The Balaban J connectivity index is 1.87. The molecule has 3 aromatic rings. The van der Waals surface area contributed by atoms with Crippen molar-refractivity contribution < 1.29 is 13.9 Å². The van der Waals surface area contributed by atoms with Gasteiger partial charge in [0.2, 0.25) is 5.88 Å². The van der Waals surface area contributed by atoms with E-state index in [1.165, 1.54) is 7.11 Å².